The molecule has 0 saturated heterocycles. The molecule has 1 rings (SSSR count). The number of aromatic hydroxyl groups is 2. The van der Waals surface area contributed by atoms with E-state index in [0.717, 1.165) is 0 Å². The molecular formula is C9H11NO3. The Labute approximate surface area is 75.8 Å². The van der Waals surface area contributed by atoms with Crippen molar-refractivity contribution >= 4 is 5.71 Å². The maximum atomic E-state index is 9.37. The van der Waals surface area contributed by atoms with Gasteiger partial charge in [0.2, 0.25) is 0 Å². The Kier molecular flexibility index (Phi) is 2.41. The molecule has 0 amide bonds. The molecule has 13 heavy (non-hydrogen) atoms. The molecule has 70 valence electrons. The van der Waals surface area contributed by atoms with E-state index < -0.39 is 0 Å². The highest BCUT2D eigenvalue weighted by Crippen LogP contribution is 2.26. The van der Waals surface area contributed by atoms with E-state index in [1.807, 2.05) is 0 Å². The van der Waals surface area contributed by atoms with Gasteiger partial charge in [0.25, 0.3) is 0 Å². The van der Waals surface area contributed by atoms with E-state index in [2.05, 4.69) is 5.16 Å². The molecule has 0 fully saturated rings. The summed E-state index contributed by atoms with van der Waals surface area (Å²) in [5.41, 5.74) is 1.34. The van der Waals surface area contributed by atoms with Gasteiger partial charge >= 0.3 is 0 Å². The van der Waals surface area contributed by atoms with Crippen LogP contribution in [0.3, 0.4) is 0 Å². The molecule has 1 aromatic carbocycles. The van der Waals surface area contributed by atoms with Crippen molar-refractivity contribution in [2.24, 2.45) is 5.16 Å². The van der Waals surface area contributed by atoms with Crippen molar-refractivity contribution < 1.29 is 15.4 Å². The molecule has 0 aliphatic carbocycles. The number of phenolic OH excluding ortho intramolecular Hbond substituents is 2. The quantitative estimate of drug-likeness (QED) is 0.350. The number of rotatable bonds is 1. The Morgan fingerprint density at radius 2 is 1.85 bits per heavy atom. The van der Waals surface area contributed by atoms with Crippen molar-refractivity contribution in [1.29, 1.82) is 0 Å². The first-order chi connectivity index (χ1) is 6.06. The molecule has 0 aromatic heterocycles. The van der Waals surface area contributed by atoms with E-state index in [1.54, 1.807) is 19.9 Å². The van der Waals surface area contributed by atoms with Crippen LogP contribution in [-0.4, -0.2) is 21.1 Å². The highest BCUT2D eigenvalue weighted by Gasteiger charge is 2.08. The fourth-order valence-electron chi connectivity index (χ4n) is 1.03. The van der Waals surface area contributed by atoms with Crippen molar-refractivity contribution in [2.45, 2.75) is 13.8 Å². The van der Waals surface area contributed by atoms with E-state index in [4.69, 9.17) is 5.21 Å². The molecule has 1 aromatic rings. The van der Waals surface area contributed by atoms with Gasteiger partial charge in [0.15, 0.2) is 0 Å². The number of oxime groups is 1. The maximum absolute atomic E-state index is 9.37. The third-order valence-electron chi connectivity index (χ3n) is 1.85. The molecule has 4 heteroatoms. The second kappa shape index (κ2) is 3.35. The monoisotopic (exact) mass is 181 g/mol. The van der Waals surface area contributed by atoms with Crippen LogP contribution in [0.15, 0.2) is 17.3 Å². The molecule has 0 spiro atoms. The Balaban J connectivity index is 3.32. The molecular weight excluding hydrogens is 170 g/mol. The van der Waals surface area contributed by atoms with E-state index in [1.165, 1.54) is 6.07 Å². The predicted molar refractivity (Wildman–Crippen MR) is 48.5 cm³/mol. The zero-order chi connectivity index (χ0) is 10.0. The van der Waals surface area contributed by atoms with Crippen LogP contribution in [0.5, 0.6) is 11.5 Å². The zero-order valence-electron chi connectivity index (χ0n) is 7.44. The lowest BCUT2D eigenvalue weighted by Crippen LogP contribution is -1.95. The summed E-state index contributed by atoms with van der Waals surface area (Å²) in [5, 5.41) is 30.0. The molecule has 0 heterocycles. The Hall–Kier alpha value is -1.71. The zero-order valence-corrected chi connectivity index (χ0v) is 7.44. The predicted octanol–water partition coefficient (Wildman–Crippen LogP) is 1.60. The van der Waals surface area contributed by atoms with Crippen molar-refractivity contribution in [3.05, 3.63) is 23.3 Å². The van der Waals surface area contributed by atoms with E-state index in [0.29, 0.717) is 16.8 Å². The maximum Gasteiger partial charge on any atom is 0.128 e. The standard InChI is InChI=1S/C9H11NO3/c1-5-3-7(6(2)10-13)9(12)4-8(5)11/h3-4,11-13H,1-2H3/b10-6+. The highest BCUT2D eigenvalue weighted by atomic mass is 16.4. The van der Waals surface area contributed by atoms with Gasteiger partial charge in [-0.25, -0.2) is 0 Å². The summed E-state index contributed by atoms with van der Waals surface area (Å²) in [6, 6.07) is 2.78. The fourth-order valence-corrected chi connectivity index (χ4v) is 1.03. The van der Waals surface area contributed by atoms with Gasteiger partial charge in [0.1, 0.15) is 11.5 Å². The van der Waals surface area contributed by atoms with Crippen molar-refractivity contribution in [2.75, 3.05) is 0 Å². The number of phenols is 2. The third-order valence-corrected chi connectivity index (χ3v) is 1.85. The lowest BCUT2D eigenvalue weighted by molar-refractivity contribution is 0.318. The van der Waals surface area contributed by atoms with Gasteiger partial charge in [-0.15, -0.1) is 0 Å². The molecule has 3 N–H and O–H groups in total. The minimum atomic E-state index is -0.0987. The van der Waals surface area contributed by atoms with Crippen LogP contribution in [0.1, 0.15) is 18.1 Å². The number of hydrogen-bond donors (Lipinski definition) is 3. The average Bonchev–Trinajstić information content (AvgIpc) is 2.10. The minimum Gasteiger partial charge on any atom is -0.508 e. The van der Waals surface area contributed by atoms with Gasteiger partial charge in [0, 0.05) is 11.6 Å². The van der Waals surface area contributed by atoms with E-state index in [9.17, 15) is 10.2 Å². The van der Waals surface area contributed by atoms with Crippen LogP contribution in [-0.2, 0) is 0 Å². The number of nitrogens with zero attached hydrogens (tertiary/aromatic N) is 1. The smallest absolute Gasteiger partial charge is 0.128 e. The van der Waals surface area contributed by atoms with Crippen LogP contribution in [0.4, 0.5) is 0 Å². The third kappa shape index (κ3) is 1.72. The Morgan fingerprint density at radius 1 is 1.23 bits per heavy atom. The van der Waals surface area contributed by atoms with Gasteiger partial charge in [0.05, 0.1) is 5.71 Å². The number of benzene rings is 1. The summed E-state index contributed by atoms with van der Waals surface area (Å²) in [4.78, 5) is 0. The normalized spacial score (nSPS) is 11.7. The summed E-state index contributed by atoms with van der Waals surface area (Å²) in [6.45, 7) is 3.26. The SMILES string of the molecule is C/C(=N\O)c1cc(C)c(O)cc1O. The van der Waals surface area contributed by atoms with Gasteiger partial charge in [-0.05, 0) is 25.5 Å². The summed E-state index contributed by atoms with van der Waals surface area (Å²) < 4.78 is 0. The second-order valence-electron chi connectivity index (χ2n) is 2.84. The van der Waals surface area contributed by atoms with Gasteiger partial charge in [-0.3, -0.25) is 0 Å². The van der Waals surface area contributed by atoms with E-state index in [-0.39, 0.29) is 11.5 Å². The molecule has 0 aliphatic heterocycles. The summed E-state index contributed by atoms with van der Waals surface area (Å²) in [6.07, 6.45) is 0. The largest absolute Gasteiger partial charge is 0.508 e. The topological polar surface area (TPSA) is 73.1 Å². The van der Waals surface area contributed by atoms with Crippen LogP contribution >= 0.6 is 0 Å². The molecule has 0 atom stereocenters. The summed E-state index contributed by atoms with van der Waals surface area (Å²) in [5.74, 6) is -0.0783. The van der Waals surface area contributed by atoms with Crippen LogP contribution in [0.2, 0.25) is 0 Å². The molecule has 0 bridgehead atoms. The first-order valence-corrected chi connectivity index (χ1v) is 3.78. The van der Waals surface area contributed by atoms with E-state index >= 15 is 0 Å². The molecule has 0 radical (unpaired) electrons. The lowest BCUT2D eigenvalue weighted by atomic mass is 10.1. The number of aryl methyl sites for hydroxylation is 1. The second-order valence-corrected chi connectivity index (χ2v) is 2.84. The first-order valence-electron chi connectivity index (χ1n) is 3.78. The molecule has 0 aliphatic rings. The van der Waals surface area contributed by atoms with Gasteiger partial charge in [-0.2, -0.15) is 0 Å². The summed E-state index contributed by atoms with van der Waals surface area (Å²) in [7, 11) is 0. The summed E-state index contributed by atoms with van der Waals surface area (Å²) >= 11 is 0. The highest BCUT2D eigenvalue weighted by molar-refractivity contribution is 6.01. The van der Waals surface area contributed by atoms with Gasteiger partial charge in [-0.1, -0.05) is 5.16 Å². The van der Waals surface area contributed by atoms with Crippen molar-refractivity contribution in [3.8, 4) is 11.5 Å². The van der Waals surface area contributed by atoms with Crippen molar-refractivity contribution in [3.63, 3.8) is 0 Å². The van der Waals surface area contributed by atoms with Gasteiger partial charge < -0.3 is 15.4 Å². The average molecular weight is 181 g/mol. The van der Waals surface area contributed by atoms with Crippen molar-refractivity contribution in [1.82, 2.24) is 0 Å². The van der Waals surface area contributed by atoms with Crippen LogP contribution < -0.4 is 0 Å². The number of hydrogen-bond acceptors (Lipinski definition) is 4. The first kappa shape index (κ1) is 9.38. The van der Waals surface area contributed by atoms with Crippen LogP contribution in [0.25, 0.3) is 0 Å². The lowest BCUT2D eigenvalue weighted by Gasteiger charge is -2.05. The van der Waals surface area contributed by atoms with Crippen LogP contribution in [0, 0.1) is 6.92 Å². The Bertz CT molecular complexity index is 358. The Morgan fingerprint density at radius 3 is 2.38 bits per heavy atom. The molecule has 0 saturated carbocycles. The molecule has 4 nitrogen and oxygen atoms in total. The minimum absolute atomic E-state index is 0.0204. The molecule has 0 unspecified atom stereocenters. The fraction of sp³-hybridized carbons (Fsp3) is 0.222.